The van der Waals surface area contributed by atoms with Gasteiger partial charge < -0.3 is 20.7 Å². The van der Waals surface area contributed by atoms with Crippen molar-refractivity contribution in [2.45, 2.75) is 26.9 Å². The molecule has 8 nitrogen and oxygen atoms in total. The second-order valence-electron chi connectivity index (χ2n) is 7.29. The molecule has 28 heavy (non-hydrogen) atoms. The van der Waals surface area contributed by atoms with E-state index in [-0.39, 0.29) is 12.0 Å². The number of ether oxygens (including phenoxy) is 1. The van der Waals surface area contributed by atoms with Gasteiger partial charge in [0.15, 0.2) is 5.96 Å². The van der Waals surface area contributed by atoms with Crippen LogP contribution in [0, 0.1) is 5.92 Å². The summed E-state index contributed by atoms with van der Waals surface area (Å²) in [6, 6.07) is 3.49. The van der Waals surface area contributed by atoms with Crippen molar-refractivity contribution >= 4 is 11.9 Å². The summed E-state index contributed by atoms with van der Waals surface area (Å²) < 4.78 is 5.86. The van der Waals surface area contributed by atoms with Crippen LogP contribution in [0.3, 0.4) is 0 Å². The van der Waals surface area contributed by atoms with Gasteiger partial charge in [0.2, 0.25) is 0 Å². The average Bonchev–Trinajstić information content (AvgIpc) is 2.69. The molecule has 1 aliphatic rings. The molecule has 0 spiro atoms. The summed E-state index contributed by atoms with van der Waals surface area (Å²) in [6.45, 7) is 12.8. The first-order chi connectivity index (χ1) is 13.6. The highest BCUT2D eigenvalue weighted by atomic mass is 16.5. The predicted octanol–water partition coefficient (Wildman–Crippen LogP) is 0.723. The minimum atomic E-state index is -0.127. The van der Waals surface area contributed by atoms with E-state index in [0.29, 0.717) is 31.1 Å². The molecule has 8 heteroatoms. The Morgan fingerprint density at radius 3 is 2.89 bits per heavy atom. The van der Waals surface area contributed by atoms with Gasteiger partial charge in [-0.25, -0.2) is 0 Å². The molecule has 1 fully saturated rings. The highest BCUT2D eigenvalue weighted by Crippen LogP contribution is 2.08. The molecule has 2 rings (SSSR count). The van der Waals surface area contributed by atoms with Crippen LogP contribution in [-0.2, 0) is 4.74 Å². The number of carbonyl (C=O) groups is 1. The number of guanidine groups is 1. The molecule has 156 valence electrons. The number of morpholine rings is 1. The van der Waals surface area contributed by atoms with E-state index < -0.39 is 0 Å². The number of nitrogens with one attached hydrogen (secondary N) is 3. The molecule has 1 saturated heterocycles. The zero-order chi connectivity index (χ0) is 20.2. The first kappa shape index (κ1) is 22.1. The summed E-state index contributed by atoms with van der Waals surface area (Å²) in [5, 5.41) is 9.35. The molecule has 1 aromatic rings. The Bertz CT molecular complexity index is 608. The number of aromatic nitrogens is 1. The van der Waals surface area contributed by atoms with Crippen molar-refractivity contribution in [2.75, 3.05) is 52.4 Å². The van der Waals surface area contributed by atoms with Crippen molar-refractivity contribution in [3.8, 4) is 0 Å². The minimum absolute atomic E-state index is 0.119. The summed E-state index contributed by atoms with van der Waals surface area (Å²) >= 11 is 0. The number of nitrogens with zero attached hydrogens (tertiary/aromatic N) is 3. The van der Waals surface area contributed by atoms with E-state index in [9.17, 15) is 4.79 Å². The Labute approximate surface area is 168 Å². The maximum atomic E-state index is 12.0. The number of hydrogen-bond donors (Lipinski definition) is 3. The van der Waals surface area contributed by atoms with Gasteiger partial charge in [-0.2, -0.15) is 0 Å². The van der Waals surface area contributed by atoms with Gasteiger partial charge in [-0.05, 0) is 25.0 Å². The molecule has 1 unspecified atom stereocenters. The topological polar surface area (TPSA) is 90.9 Å². The largest absolute Gasteiger partial charge is 0.374 e. The fourth-order valence-electron chi connectivity index (χ4n) is 3.06. The van der Waals surface area contributed by atoms with E-state index in [4.69, 9.17) is 4.74 Å². The molecular weight excluding hydrogens is 356 g/mol. The molecule has 0 saturated carbocycles. The lowest BCUT2D eigenvalue weighted by molar-refractivity contribution is -0.0261. The molecule has 0 bridgehead atoms. The van der Waals surface area contributed by atoms with Crippen molar-refractivity contribution in [3.63, 3.8) is 0 Å². The molecule has 0 aromatic carbocycles. The first-order valence-corrected chi connectivity index (χ1v) is 10.1. The van der Waals surface area contributed by atoms with E-state index in [1.807, 2.05) is 6.92 Å². The second-order valence-corrected chi connectivity index (χ2v) is 7.29. The van der Waals surface area contributed by atoms with Crippen LogP contribution in [0.4, 0.5) is 0 Å². The van der Waals surface area contributed by atoms with E-state index in [1.165, 1.54) is 0 Å². The third-order valence-corrected chi connectivity index (χ3v) is 4.27. The molecule has 1 atom stereocenters. The van der Waals surface area contributed by atoms with Gasteiger partial charge in [-0.3, -0.25) is 19.7 Å². The highest BCUT2D eigenvalue weighted by Gasteiger charge is 2.20. The van der Waals surface area contributed by atoms with Crippen LogP contribution in [0.2, 0.25) is 0 Å². The van der Waals surface area contributed by atoms with Gasteiger partial charge in [0.05, 0.1) is 24.8 Å². The fourth-order valence-corrected chi connectivity index (χ4v) is 3.06. The SMILES string of the molecule is CCNC(=NCC1CN(CC(C)C)CCO1)NCCNC(=O)c1cccnc1. The molecule has 1 aromatic heterocycles. The quantitative estimate of drug-likeness (QED) is 0.327. The standard InChI is InChI=1S/C20H34N6O2/c1-4-22-20(24-9-8-23-19(27)17-6-5-7-21-12-17)25-13-18-15-26(10-11-28-18)14-16(2)3/h5-7,12,16,18H,4,8-11,13-15H2,1-3H3,(H,23,27)(H2,22,24,25). The summed E-state index contributed by atoms with van der Waals surface area (Å²) in [7, 11) is 0. The van der Waals surface area contributed by atoms with E-state index >= 15 is 0 Å². The minimum Gasteiger partial charge on any atom is -0.374 e. The maximum absolute atomic E-state index is 12.0. The van der Waals surface area contributed by atoms with Crippen LogP contribution in [0.25, 0.3) is 0 Å². The van der Waals surface area contributed by atoms with Gasteiger partial charge in [0.25, 0.3) is 5.91 Å². The zero-order valence-corrected chi connectivity index (χ0v) is 17.3. The van der Waals surface area contributed by atoms with Crippen LogP contribution in [0.15, 0.2) is 29.5 Å². The molecule has 0 radical (unpaired) electrons. The lowest BCUT2D eigenvalue weighted by Gasteiger charge is -2.33. The number of amides is 1. The second kappa shape index (κ2) is 12.3. The van der Waals surface area contributed by atoms with Crippen molar-refractivity contribution in [3.05, 3.63) is 30.1 Å². The number of pyridine rings is 1. The first-order valence-electron chi connectivity index (χ1n) is 10.1. The fraction of sp³-hybridized carbons (Fsp3) is 0.650. The normalized spacial score (nSPS) is 18.1. The third kappa shape index (κ3) is 8.22. The van der Waals surface area contributed by atoms with E-state index in [1.54, 1.807) is 24.5 Å². The van der Waals surface area contributed by atoms with Gasteiger partial charge in [-0.1, -0.05) is 13.8 Å². The Kier molecular flexibility index (Phi) is 9.71. The molecular formula is C20H34N6O2. The van der Waals surface area contributed by atoms with Gasteiger partial charge in [-0.15, -0.1) is 0 Å². The Morgan fingerprint density at radius 2 is 2.18 bits per heavy atom. The van der Waals surface area contributed by atoms with Crippen molar-refractivity contribution in [1.82, 2.24) is 25.8 Å². The monoisotopic (exact) mass is 390 g/mol. The highest BCUT2D eigenvalue weighted by molar-refractivity contribution is 5.93. The summed E-state index contributed by atoms with van der Waals surface area (Å²) in [6.07, 6.45) is 3.32. The van der Waals surface area contributed by atoms with Gasteiger partial charge >= 0.3 is 0 Å². The van der Waals surface area contributed by atoms with Crippen molar-refractivity contribution in [2.24, 2.45) is 10.9 Å². The lowest BCUT2D eigenvalue weighted by atomic mass is 10.2. The zero-order valence-electron chi connectivity index (χ0n) is 17.3. The molecule has 0 aliphatic carbocycles. The van der Waals surface area contributed by atoms with E-state index in [0.717, 1.165) is 38.7 Å². The van der Waals surface area contributed by atoms with Crippen LogP contribution in [-0.4, -0.2) is 80.3 Å². The number of aliphatic imine (C=N–C) groups is 1. The van der Waals surface area contributed by atoms with Gasteiger partial charge in [0.1, 0.15) is 0 Å². The number of hydrogen-bond acceptors (Lipinski definition) is 5. The Balaban J connectivity index is 1.73. The third-order valence-electron chi connectivity index (χ3n) is 4.27. The molecule has 1 aliphatic heterocycles. The number of rotatable bonds is 9. The smallest absolute Gasteiger partial charge is 0.252 e. The Morgan fingerprint density at radius 1 is 1.36 bits per heavy atom. The summed E-state index contributed by atoms with van der Waals surface area (Å²) in [5.41, 5.74) is 0.559. The van der Waals surface area contributed by atoms with Crippen molar-refractivity contribution in [1.29, 1.82) is 0 Å². The number of carbonyl (C=O) groups excluding carboxylic acids is 1. The van der Waals surface area contributed by atoms with Crippen LogP contribution in [0.1, 0.15) is 31.1 Å². The lowest BCUT2D eigenvalue weighted by Crippen LogP contribution is -2.46. The van der Waals surface area contributed by atoms with Crippen LogP contribution in [0.5, 0.6) is 0 Å². The van der Waals surface area contributed by atoms with E-state index in [2.05, 4.69) is 44.7 Å². The summed E-state index contributed by atoms with van der Waals surface area (Å²) in [5.74, 6) is 1.27. The summed E-state index contributed by atoms with van der Waals surface area (Å²) in [4.78, 5) is 23.1. The molecule has 1 amide bonds. The van der Waals surface area contributed by atoms with Crippen LogP contribution >= 0.6 is 0 Å². The molecule has 3 N–H and O–H groups in total. The van der Waals surface area contributed by atoms with Gasteiger partial charge in [0, 0.05) is 51.7 Å². The average molecular weight is 391 g/mol. The van der Waals surface area contributed by atoms with Crippen molar-refractivity contribution < 1.29 is 9.53 Å². The Hall–Kier alpha value is -2.19. The molecule has 2 heterocycles. The predicted molar refractivity (Wildman–Crippen MR) is 112 cm³/mol. The maximum Gasteiger partial charge on any atom is 0.252 e. The van der Waals surface area contributed by atoms with Crippen LogP contribution < -0.4 is 16.0 Å².